The summed E-state index contributed by atoms with van der Waals surface area (Å²) < 4.78 is 5.40. The van der Waals surface area contributed by atoms with E-state index in [-0.39, 0.29) is 5.91 Å². The molecule has 0 saturated heterocycles. The number of nitrogens with zero attached hydrogens (tertiary/aromatic N) is 1. The average molecular weight is 346 g/mol. The molecule has 0 unspecified atom stereocenters. The lowest BCUT2D eigenvalue weighted by Crippen LogP contribution is -2.29. The Morgan fingerprint density at radius 2 is 1.91 bits per heavy atom. The lowest BCUT2D eigenvalue weighted by Gasteiger charge is -2.21. The Morgan fingerprint density at radius 3 is 2.52 bits per heavy atom. The third kappa shape index (κ3) is 4.03. The van der Waals surface area contributed by atoms with Crippen LogP contribution >= 0.6 is 22.9 Å². The Morgan fingerprint density at radius 1 is 1.13 bits per heavy atom. The second kappa shape index (κ2) is 7.02. The fraction of sp³-hybridized carbons (Fsp3) is 0.167. The molecule has 118 valence electrons. The highest BCUT2D eigenvalue weighted by Crippen LogP contribution is 2.21. The molecule has 3 rings (SSSR count). The van der Waals surface area contributed by atoms with E-state index in [9.17, 15) is 4.79 Å². The van der Waals surface area contributed by atoms with Crippen LogP contribution < -0.4 is 0 Å². The SMILES string of the molecule is Cc1ccc(C(=O)N(Cc2ccc(Cl)cc2)Cc2ccco2)s1. The number of aryl methyl sites for hydroxylation is 1. The minimum absolute atomic E-state index is 0.00875. The highest BCUT2D eigenvalue weighted by atomic mass is 35.5. The monoisotopic (exact) mass is 345 g/mol. The zero-order chi connectivity index (χ0) is 16.2. The molecule has 3 nitrogen and oxygen atoms in total. The first-order chi connectivity index (χ1) is 11.1. The van der Waals surface area contributed by atoms with Crippen LogP contribution in [0.3, 0.4) is 0 Å². The van der Waals surface area contributed by atoms with Crippen molar-refractivity contribution in [3.05, 3.63) is 80.9 Å². The van der Waals surface area contributed by atoms with Crippen LogP contribution in [0.2, 0.25) is 5.02 Å². The highest BCUT2D eigenvalue weighted by molar-refractivity contribution is 7.13. The van der Waals surface area contributed by atoms with Gasteiger partial charge in [-0.05, 0) is 48.9 Å². The summed E-state index contributed by atoms with van der Waals surface area (Å²) in [5.74, 6) is 0.773. The molecular weight excluding hydrogens is 330 g/mol. The van der Waals surface area contributed by atoms with Gasteiger partial charge in [-0.2, -0.15) is 0 Å². The van der Waals surface area contributed by atoms with Crippen molar-refractivity contribution in [1.29, 1.82) is 0 Å². The molecular formula is C18H16ClNO2S. The standard InChI is InChI=1S/C18H16ClNO2S/c1-13-4-9-17(23-13)18(21)20(12-16-3-2-10-22-16)11-14-5-7-15(19)8-6-14/h2-10H,11-12H2,1H3. The molecule has 2 aromatic heterocycles. The van der Waals surface area contributed by atoms with E-state index in [2.05, 4.69) is 0 Å². The molecule has 5 heteroatoms. The molecule has 3 aromatic rings. The number of hydrogen-bond acceptors (Lipinski definition) is 3. The number of amides is 1. The summed E-state index contributed by atoms with van der Waals surface area (Å²) in [5.41, 5.74) is 1.03. The van der Waals surface area contributed by atoms with Crippen LogP contribution in [0.15, 0.2) is 59.2 Å². The summed E-state index contributed by atoms with van der Waals surface area (Å²) in [7, 11) is 0. The summed E-state index contributed by atoms with van der Waals surface area (Å²) in [4.78, 5) is 16.5. The van der Waals surface area contributed by atoms with E-state index in [4.69, 9.17) is 16.0 Å². The van der Waals surface area contributed by atoms with E-state index in [0.29, 0.717) is 18.1 Å². The Kier molecular flexibility index (Phi) is 4.84. The van der Waals surface area contributed by atoms with Crippen molar-refractivity contribution in [2.45, 2.75) is 20.0 Å². The second-order valence-corrected chi connectivity index (χ2v) is 7.00. The predicted octanol–water partition coefficient (Wildman–Crippen LogP) is 5.15. The quantitative estimate of drug-likeness (QED) is 0.641. The Labute approximate surface area is 144 Å². The van der Waals surface area contributed by atoms with Crippen LogP contribution in [0, 0.1) is 6.92 Å². The second-order valence-electron chi connectivity index (χ2n) is 5.28. The Bertz CT molecular complexity index is 778. The number of hydrogen-bond donors (Lipinski definition) is 0. The molecule has 0 bridgehead atoms. The van der Waals surface area contributed by atoms with Crippen molar-refractivity contribution in [2.75, 3.05) is 0 Å². The van der Waals surface area contributed by atoms with Crippen molar-refractivity contribution in [2.24, 2.45) is 0 Å². The number of halogens is 1. The molecule has 0 spiro atoms. The van der Waals surface area contributed by atoms with E-state index in [0.717, 1.165) is 21.1 Å². The number of rotatable bonds is 5. The summed E-state index contributed by atoms with van der Waals surface area (Å²) in [6.07, 6.45) is 1.62. The normalized spacial score (nSPS) is 10.7. The molecule has 0 aliphatic heterocycles. The molecule has 0 radical (unpaired) electrons. The third-order valence-corrected chi connectivity index (χ3v) is 4.69. The maximum Gasteiger partial charge on any atom is 0.264 e. The number of benzene rings is 1. The van der Waals surface area contributed by atoms with Gasteiger partial charge in [0, 0.05) is 16.4 Å². The van der Waals surface area contributed by atoms with Gasteiger partial charge < -0.3 is 9.32 Å². The van der Waals surface area contributed by atoms with Crippen LogP contribution in [-0.4, -0.2) is 10.8 Å². The number of carbonyl (C=O) groups excluding carboxylic acids is 1. The maximum absolute atomic E-state index is 12.8. The third-order valence-electron chi connectivity index (χ3n) is 3.45. The van der Waals surface area contributed by atoms with Gasteiger partial charge in [-0.15, -0.1) is 11.3 Å². The van der Waals surface area contributed by atoms with Crippen LogP contribution in [0.25, 0.3) is 0 Å². The lowest BCUT2D eigenvalue weighted by atomic mass is 10.2. The molecule has 0 aliphatic carbocycles. The van der Waals surface area contributed by atoms with Crippen molar-refractivity contribution in [3.63, 3.8) is 0 Å². The first-order valence-electron chi connectivity index (χ1n) is 7.24. The average Bonchev–Trinajstić information content (AvgIpc) is 3.20. The Hall–Kier alpha value is -2.04. The van der Waals surface area contributed by atoms with Gasteiger partial charge in [-0.25, -0.2) is 0 Å². The van der Waals surface area contributed by atoms with Crippen LogP contribution in [-0.2, 0) is 13.1 Å². The fourth-order valence-corrected chi connectivity index (χ4v) is 3.27. The van der Waals surface area contributed by atoms with Crippen molar-refractivity contribution < 1.29 is 9.21 Å². The number of carbonyl (C=O) groups is 1. The molecule has 0 N–H and O–H groups in total. The van der Waals surface area contributed by atoms with Gasteiger partial charge in [0.05, 0.1) is 17.7 Å². The zero-order valence-electron chi connectivity index (χ0n) is 12.7. The lowest BCUT2D eigenvalue weighted by molar-refractivity contribution is 0.0722. The van der Waals surface area contributed by atoms with Crippen molar-refractivity contribution >= 4 is 28.8 Å². The predicted molar refractivity (Wildman–Crippen MR) is 92.8 cm³/mol. The van der Waals surface area contributed by atoms with Gasteiger partial charge >= 0.3 is 0 Å². The van der Waals surface area contributed by atoms with E-state index in [1.165, 1.54) is 11.3 Å². The smallest absolute Gasteiger partial charge is 0.264 e. The largest absolute Gasteiger partial charge is 0.467 e. The van der Waals surface area contributed by atoms with Crippen molar-refractivity contribution in [1.82, 2.24) is 4.90 Å². The molecule has 0 saturated carbocycles. The topological polar surface area (TPSA) is 33.5 Å². The van der Waals surface area contributed by atoms with Gasteiger partial charge in [0.1, 0.15) is 5.76 Å². The molecule has 1 aromatic carbocycles. The van der Waals surface area contributed by atoms with Gasteiger partial charge in [0.15, 0.2) is 0 Å². The highest BCUT2D eigenvalue weighted by Gasteiger charge is 2.19. The molecule has 2 heterocycles. The van der Waals surface area contributed by atoms with Crippen LogP contribution in [0.4, 0.5) is 0 Å². The summed E-state index contributed by atoms with van der Waals surface area (Å²) in [6.45, 7) is 2.94. The molecule has 1 amide bonds. The van der Waals surface area contributed by atoms with Crippen molar-refractivity contribution in [3.8, 4) is 0 Å². The number of furan rings is 1. The fourth-order valence-electron chi connectivity index (χ4n) is 2.31. The van der Waals surface area contributed by atoms with E-state index >= 15 is 0 Å². The minimum Gasteiger partial charge on any atom is -0.467 e. The first kappa shape index (κ1) is 15.8. The Balaban J connectivity index is 1.83. The van der Waals surface area contributed by atoms with Crippen LogP contribution in [0.5, 0.6) is 0 Å². The first-order valence-corrected chi connectivity index (χ1v) is 8.44. The maximum atomic E-state index is 12.8. The minimum atomic E-state index is 0.00875. The zero-order valence-corrected chi connectivity index (χ0v) is 14.2. The molecule has 0 fully saturated rings. The van der Waals surface area contributed by atoms with Gasteiger partial charge in [-0.3, -0.25) is 4.79 Å². The van der Waals surface area contributed by atoms with Crippen LogP contribution in [0.1, 0.15) is 25.9 Å². The molecule has 0 atom stereocenters. The van der Waals surface area contributed by atoms with Gasteiger partial charge in [0.25, 0.3) is 5.91 Å². The van der Waals surface area contributed by atoms with E-state index in [1.807, 2.05) is 55.5 Å². The molecule has 23 heavy (non-hydrogen) atoms. The van der Waals surface area contributed by atoms with Gasteiger partial charge in [-0.1, -0.05) is 23.7 Å². The summed E-state index contributed by atoms with van der Waals surface area (Å²) >= 11 is 7.44. The summed E-state index contributed by atoms with van der Waals surface area (Å²) in [6, 6.07) is 15.1. The van der Waals surface area contributed by atoms with E-state index < -0.39 is 0 Å². The number of thiophene rings is 1. The summed E-state index contributed by atoms with van der Waals surface area (Å²) in [5, 5.41) is 0.687. The van der Waals surface area contributed by atoms with E-state index in [1.54, 1.807) is 11.2 Å². The van der Waals surface area contributed by atoms with Gasteiger partial charge in [0.2, 0.25) is 0 Å². The molecule has 0 aliphatic rings.